The SMILES string of the molecule is CC(=O)O[C@H]1[C@@H]2[C@H]([C@H](OC(=O)c3ccccc3)[C@H](O)C(C)=C[C@@]34O[C@@]3(C[C@H](C)[C@@H]4OC(C)=O)C(=O)[C@H]1C)C2(C)C. The van der Waals surface area contributed by atoms with Crippen LogP contribution in [0.5, 0.6) is 0 Å². The van der Waals surface area contributed by atoms with Crippen molar-refractivity contribution in [3.63, 3.8) is 0 Å². The first kappa shape index (κ1) is 28.5. The molecule has 9 nitrogen and oxygen atoms in total. The molecule has 1 saturated heterocycles. The van der Waals surface area contributed by atoms with Gasteiger partial charge in [0.1, 0.15) is 24.4 Å². The van der Waals surface area contributed by atoms with Gasteiger partial charge in [0.05, 0.1) is 11.5 Å². The molecule has 40 heavy (non-hydrogen) atoms. The largest absolute Gasteiger partial charge is 0.461 e. The lowest BCUT2D eigenvalue weighted by molar-refractivity contribution is -0.154. The Bertz CT molecular complexity index is 1270. The number of aliphatic hydroxyl groups is 1. The summed E-state index contributed by atoms with van der Waals surface area (Å²) >= 11 is 0. The molecule has 0 radical (unpaired) electrons. The molecule has 1 heterocycles. The average molecular weight is 555 g/mol. The highest BCUT2D eigenvalue weighted by Gasteiger charge is 2.84. The molecule has 0 unspecified atom stereocenters. The van der Waals surface area contributed by atoms with Gasteiger partial charge in [-0.3, -0.25) is 14.4 Å². The number of carbonyl (C=O) groups is 4. The molecule has 9 heteroatoms. The van der Waals surface area contributed by atoms with Gasteiger partial charge >= 0.3 is 17.9 Å². The number of esters is 3. The summed E-state index contributed by atoms with van der Waals surface area (Å²) in [6, 6.07) is 8.51. The van der Waals surface area contributed by atoms with Crippen molar-refractivity contribution in [1.82, 2.24) is 0 Å². The first-order chi connectivity index (χ1) is 18.7. The van der Waals surface area contributed by atoms with E-state index >= 15 is 0 Å². The Morgan fingerprint density at radius 1 is 0.950 bits per heavy atom. The molecule has 1 aromatic rings. The average Bonchev–Trinajstić information content (AvgIpc) is 3.68. The second-order valence-electron chi connectivity index (χ2n) is 12.6. The molecule has 3 aliphatic carbocycles. The fourth-order valence-corrected chi connectivity index (χ4v) is 7.64. The van der Waals surface area contributed by atoms with Gasteiger partial charge in [-0.1, -0.05) is 45.9 Å². The minimum absolute atomic E-state index is 0.207. The zero-order chi connectivity index (χ0) is 29.4. The van der Waals surface area contributed by atoms with Gasteiger partial charge in [0, 0.05) is 25.7 Å². The molecule has 2 saturated carbocycles. The Kier molecular flexibility index (Phi) is 6.78. The van der Waals surface area contributed by atoms with E-state index < -0.39 is 70.8 Å². The summed E-state index contributed by atoms with van der Waals surface area (Å²) in [5, 5.41) is 11.8. The maximum atomic E-state index is 14.3. The maximum absolute atomic E-state index is 14.3. The van der Waals surface area contributed by atoms with Gasteiger partial charge in [0.15, 0.2) is 17.0 Å². The summed E-state index contributed by atoms with van der Waals surface area (Å²) in [5.74, 6) is -3.63. The summed E-state index contributed by atoms with van der Waals surface area (Å²) in [7, 11) is 0. The number of rotatable bonds is 4. The third-order valence-electron chi connectivity index (χ3n) is 9.56. The van der Waals surface area contributed by atoms with Crippen molar-refractivity contribution in [2.75, 3.05) is 0 Å². The van der Waals surface area contributed by atoms with Crippen molar-refractivity contribution >= 4 is 23.7 Å². The number of hydrogen-bond donors (Lipinski definition) is 1. The number of epoxide rings is 1. The predicted octanol–water partition coefficient (Wildman–Crippen LogP) is 3.42. The highest BCUT2D eigenvalue weighted by molar-refractivity contribution is 5.96. The van der Waals surface area contributed by atoms with E-state index in [2.05, 4.69) is 0 Å². The molecule has 0 amide bonds. The van der Waals surface area contributed by atoms with E-state index in [1.165, 1.54) is 13.8 Å². The Labute approximate surface area is 234 Å². The third-order valence-corrected chi connectivity index (χ3v) is 9.56. The zero-order valence-electron chi connectivity index (χ0n) is 24.0. The van der Waals surface area contributed by atoms with Crippen LogP contribution < -0.4 is 0 Å². The van der Waals surface area contributed by atoms with Gasteiger partial charge in [-0.25, -0.2) is 4.79 Å². The fraction of sp³-hybridized carbons (Fsp3) is 0.613. The normalized spacial score (nSPS) is 41.2. The van der Waals surface area contributed by atoms with E-state index in [0.29, 0.717) is 17.6 Å². The molecule has 3 fully saturated rings. The number of carbonyl (C=O) groups excluding carboxylic acids is 4. The van der Waals surface area contributed by atoms with Gasteiger partial charge < -0.3 is 24.1 Å². The zero-order valence-corrected chi connectivity index (χ0v) is 24.0. The van der Waals surface area contributed by atoms with Gasteiger partial charge in [-0.15, -0.1) is 0 Å². The third kappa shape index (κ3) is 4.20. The quantitative estimate of drug-likeness (QED) is 0.258. The van der Waals surface area contributed by atoms with Crippen LogP contribution in [0.15, 0.2) is 42.0 Å². The Morgan fingerprint density at radius 2 is 1.55 bits per heavy atom. The molecular weight excluding hydrogens is 516 g/mol. The second kappa shape index (κ2) is 9.52. The van der Waals surface area contributed by atoms with Gasteiger partial charge in [0.2, 0.25) is 0 Å². The summed E-state index contributed by atoms with van der Waals surface area (Å²) in [6.07, 6.45) is -1.86. The van der Waals surface area contributed by atoms with Crippen LogP contribution in [-0.2, 0) is 33.3 Å². The number of fused-ring (bicyclic) bond motifs is 1. The van der Waals surface area contributed by atoms with E-state index in [1.54, 1.807) is 50.3 Å². The van der Waals surface area contributed by atoms with Crippen LogP contribution in [0, 0.1) is 29.1 Å². The van der Waals surface area contributed by atoms with E-state index in [-0.39, 0.29) is 17.6 Å². The van der Waals surface area contributed by atoms with Crippen LogP contribution in [0.3, 0.4) is 0 Å². The van der Waals surface area contributed by atoms with E-state index in [4.69, 9.17) is 18.9 Å². The topological polar surface area (TPSA) is 129 Å². The van der Waals surface area contributed by atoms with Crippen molar-refractivity contribution in [2.45, 2.75) is 90.5 Å². The second-order valence-corrected chi connectivity index (χ2v) is 12.6. The smallest absolute Gasteiger partial charge is 0.338 e. The highest BCUT2D eigenvalue weighted by atomic mass is 16.7. The van der Waals surface area contributed by atoms with Crippen molar-refractivity contribution in [2.24, 2.45) is 29.1 Å². The molecule has 1 N–H and O–H groups in total. The highest BCUT2D eigenvalue weighted by Crippen LogP contribution is 2.68. The number of benzene rings is 1. The van der Waals surface area contributed by atoms with E-state index in [1.807, 2.05) is 20.8 Å². The van der Waals surface area contributed by atoms with Crippen LogP contribution in [0.25, 0.3) is 0 Å². The molecule has 1 aliphatic heterocycles. The van der Waals surface area contributed by atoms with E-state index in [9.17, 15) is 24.3 Å². The van der Waals surface area contributed by atoms with Crippen LogP contribution >= 0.6 is 0 Å². The summed E-state index contributed by atoms with van der Waals surface area (Å²) in [6.45, 7) is 11.8. The van der Waals surface area contributed by atoms with Crippen LogP contribution in [0.4, 0.5) is 0 Å². The van der Waals surface area contributed by atoms with Gasteiger partial charge in [-0.05, 0) is 48.5 Å². The standard InChI is InChI=1S/C31H38O9/c1-15-13-31-27(38-19(5)33)16(2)14-30(31,40-31)26(35)17(3)24(37-18(4)32)21-22(29(21,6)7)25(23(15)34)39-28(36)20-11-9-8-10-12-20/h8-13,16-17,21-25,27,34H,14H2,1-7H3/t16-,17-,21-,22+,23+,24+,25-,27-,30-,31-/m0/s1. The first-order valence-electron chi connectivity index (χ1n) is 13.9. The van der Waals surface area contributed by atoms with Crippen molar-refractivity contribution in [3.05, 3.63) is 47.5 Å². The summed E-state index contributed by atoms with van der Waals surface area (Å²) < 4.78 is 23.8. The lowest BCUT2D eigenvalue weighted by Crippen LogP contribution is -2.43. The Morgan fingerprint density at radius 3 is 2.15 bits per heavy atom. The van der Waals surface area contributed by atoms with E-state index in [0.717, 1.165) is 0 Å². The fourth-order valence-electron chi connectivity index (χ4n) is 7.64. The maximum Gasteiger partial charge on any atom is 0.338 e. The Hall–Kier alpha value is -3.04. The molecule has 4 aliphatic rings. The molecule has 0 spiro atoms. The lowest BCUT2D eigenvalue weighted by atomic mass is 9.80. The van der Waals surface area contributed by atoms with Gasteiger partial charge in [0.25, 0.3) is 0 Å². The summed E-state index contributed by atoms with van der Waals surface area (Å²) in [5.41, 5.74) is -2.33. The minimum atomic E-state index is -1.29. The monoisotopic (exact) mass is 554 g/mol. The first-order valence-corrected chi connectivity index (χ1v) is 13.9. The number of Topliss-reactive ketones (excluding diaryl/α,β-unsaturated/α-hetero) is 1. The molecule has 216 valence electrons. The van der Waals surface area contributed by atoms with Gasteiger partial charge in [-0.2, -0.15) is 0 Å². The van der Waals surface area contributed by atoms with Crippen LogP contribution in [0.2, 0.25) is 0 Å². The molecule has 1 aromatic carbocycles. The number of hydrogen-bond acceptors (Lipinski definition) is 9. The van der Waals surface area contributed by atoms with Crippen molar-refractivity contribution in [3.8, 4) is 0 Å². The molecule has 5 rings (SSSR count). The number of ether oxygens (including phenoxy) is 4. The summed E-state index contributed by atoms with van der Waals surface area (Å²) in [4.78, 5) is 51.8. The van der Waals surface area contributed by atoms with Crippen molar-refractivity contribution < 1.29 is 43.2 Å². The lowest BCUT2D eigenvalue weighted by Gasteiger charge is -2.28. The van der Waals surface area contributed by atoms with Crippen molar-refractivity contribution in [1.29, 1.82) is 0 Å². The van der Waals surface area contributed by atoms with Crippen LogP contribution in [-0.4, -0.2) is 64.4 Å². The predicted molar refractivity (Wildman–Crippen MR) is 142 cm³/mol. The minimum Gasteiger partial charge on any atom is -0.461 e. The molecular formula is C31H38O9. The molecule has 0 bridgehead atoms. The Balaban J connectivity index is 1.63. The van der Waals surface area contributed by atoms with Crippen LogP contribution in [0.1, 0.15) is 65.2 Å². The molecule has 10 atom stereocenters. The number of ketones is 1. The number of aliphatic hydroxyl groups excluding tert-OH is 1. The molecule has 0 aromatic heterocycles.